The number of hydrogen-bond donors (Lipinski definition) is 2. The molecule has 76 valence electrons. The molecule has 3 N–H and O–H groups in total. The Morgan fingerprint density at radius 1 is 1.21 bits per heavy atom. The highest BCUT2D eigenvalue weighted by Crippen LogP contribution is 2.09. The molecule has 1 aromatic carbocycles. The van der Waals surface area contributed by atoms with E-state index in [4.69, 9.17) is 10.8 Å². The van der Waals surface area contributed by atoms with Crippen molar-refractivity contribution in [2.24, 2.45) is 0 Å². The molecule has 0 aliphatic rings. The van der Waals surface area contributed by atoms with Crippen LogP contribution in [0.2, 0.25) is 0 Å². The molecule has 0 saturated carbocycles. The Kier molecular flexibility index (Phi) is 3.98. The molecule has 0 atom stereocenters. The van der Waals surface area contributed by atoms with Crippen LogP contribution in [0, 0.1) is 0 Å². The van der Waals surface area contributed by atoms with Gasteiger partial charge < -0.3 is 10.8 Å². The van der Waals surface area contributed by atoms with Crippen molar-refractivity contribution in [3.05, 3.63) is 29.8 Å². The number of carboxylic acid groups (broad SMARTS) is 1. The molecule has 0 bridgehead atoms. The number of carboxylic acids is 1. The fourth-order valence-corrected chi connectivity index (χ4v) is 1.29. The SMILES string of the molecule is Nc1ccc(CCCCC(=O)O)cc1. The summed E-state index contributed by atoms with van der Waals surface area (Å²) in [5.41, 5.74) is 7.52. The molecule has 1 rings (SSSR count). The van der Waals surface area contributed by atoms with Gasteiger partial charge >= 0.3 is 5.97 Å². The molecule has 0 unspecified atom stereocenters. The summed E-state index contributed by atoms with van der Waals surface area (Å²) in [5.74, 6) is -0.720. The predicted molar refractivity (Wildman–Crippen MR) is 56.0 cm³/mol. The van der Waals surface area contributed by atoms with Crippen molar-refractivity contribution in [3.8, 4) is 0 Å². The smallest absolute Gasteiger partial charge is 0.303 e. The Labute approximate surface area is 83.6 Å². The summed E-state index contributed by atoms with van der Waals surface area (Å²) in [6.07, 6.45) is 2.83. The second-order valence-electron chi connectivity index (χ2n) is 3.34. The topological polar surface area (TPSA) is 63.3 Å². The molecule has 0 heterocycles. The van der Waals surface area contributed by atoms with E-state index in [0.717, 1.165) is 24.9 Å². The average molecular weight is 193 g/mol. The molecule has 1 aromatic rings. The highest BCUT2D eigenvalue weighted by Gasteiger charge is 1.97. The Morgan fingerprint density at radius 2 is 1.86 bits per heavy atom. The van der Waals surface area contributed by atoms with Crippen LogP contribution in [0.15, 0.2) is 24.3 Å². The Hall–Kier alpha value is -1.51. The minimum atomic E-state index is -0.720. The number of anilines is 1. The molecule has 0 fully saturated rings. The molecule has 0 radical (unpaired) electrons. The van der Waals surface area contributed by atoms with E-state index < -0.39 is 5.97 Å². The predicted octanol–water partition coefficient (Wildman–Crippen LogP) is 2.07. The van der Waals surface area contributed by atoms with E-state index >= 15 is 0 Å². The zero-order chi connectivity index (χ0) is 10.4. The quantitative estimate of drug-likeness (QED) is 0.555. The van der Waals surface area contributed by atoms with Crippen molar-refractivity contribution in [1.29, 1.82) is 0 Å². The lowest BCUT2D eigenvalue weighted by molar-refractivity contribution is -0.137. The first-order chi connectivity index (χ1) is 6.68. The normalized spacial score (nSPS) is 10.0. The third-order valence-electron chi connectivity index (χ3n) is 2.09. The second-order valence-corrected chi connectivity index (χ2v) is 3.34. The minimum Gasteiger partial charge on any atom is -0.481 e. The maximum absolute atomic E-state index is 10.2. The van der Waals surface area contributed by atoms with Crippen molar-refractivity contribution in [1.82, 2.24) is 0 Å². The van der Waals surface area contributed by atoms with E-state index in [9.17, 15) is 4.79 Å². The van der Waals surface area contributed by atoms with Crippen LogP contribution in [0.3, 0.4) is 0 Å². The second kappa shape index (κ2) is 5.27. The van der Waals surface area contributed by atoms with Crippen molar-refractivity contribution in [2.75, 3.05) is 5.73 Å². The van der Waals surface area contributed by atoms with Gasteiger partial charge in [-0.15, -0.1) is 0 Å². The van der Waals surface area contributed by atoms with Gasteiger partial charge in [0.15, 0.2) is 0 Å². The number of unbranched alkanes of at least 4 members (excludes halogenated alkanes) is 1. The van der Waals surface area contributed by atoms with E-state index in [1.807, 2.05) is 24.3 Å². The number of hydrogen-bond acceptors (Lipinski definition) is 2. The van der Waals surface area contributed by atoms with Crippen LogP contribution in [0.4, 0.5) is 5.69 Å². The number of benzene rings is 1. The van der Waals surface area contributed by atoms with Gasteiger partial charge in [0.25, 0.3) is 0 Å². The molecular weight excluding hydrogens is 178 g/mol. The van der Waals surface area contributed by atoms with Crippen LogP contribution in [0.25, 0.3) is 0 Å². The Bertz CT molecular complexity index is 293. The third kappa shape index (κ3) is 3.94. The van der Waals surface area contributed by atoms with Gasteiger partial charge in [-0.3, -0.25) is 4.79 Å². The van der Waals surface area contributed by atoms with Gasteiger partial charge in [-0.2, -0.15) is 0 Å². The highest BCUT2D eigenvalue weighted by atomic mass is 16.4. The zero-order valence-electron chi connectivity index (χ0n) is 8.07. The average Bonchev–Trinajstić information content (AvgIpc) is 2.15. The fraction of sp³-hybridized carbons (Fsp3) is 0.364. The molecule has 3 nitrogen and oxygen atoms in total. The van der Waals surface area contributed by atoms with Crippen molar-refractivity contribution >= 4 is 11.7 Å². The molecule has 0 aliphatic carbocycles. The lowest BCUT2D eigenvalue weighted by Gasteiger charge is -2.00. The lowest BCUT2D eigenvalue weighted by atomic mass is 10.1. The number of rotatable bonds is 5. The van der Waals surface area contributed by atoms with Crippen LogP contribution >= 0.6 is 0 Å². The van der Waals surface area contributed by atoms with Crippen LogP contribution in [0.5, 0.6) is 0 Å². The van der Waals surface area contributed by atoms with Gasteiger partial charge in [0.05, 0.1) is 0 Å². The molecule has 0 aromatic heterocycles. The number of nitrogens with two attached hydrogens (primary N) is 1. The van der Waals surface area contributed by atoms with Crippen LogP contribution in [0.1, 0.15) is 24.8 Å². The van der Waals surface area contributed by atoms with E-state index in [2.05, 4.69) is 0 Å². The molecule has 0 amide bonds. The molecule has 3 heteroatoms. The summed E-state index contributed by atoms with van der Waals surface area (Å²) in [6, 6.07) is 7.70. The van der Waals surface area contributed by atoms with E-state index in [1.165, 1.54) is 5.56 Å². The highest BCUT2D eigenvalue weighted by molar-refractivity contribution is 5.66. The zero-order valence-corrected chi connectivity index (χ0v) is 8.07. The van der Waals surface area contributed by atoms with E-state index in [1.54, 1.807) is 0 Å². The van der Waals surface area contributed by atoms with Crippen LogP contribution in [-0.4, -0.2) is 11.1 Å². The van der Waals surface area contributed by atoms with Crippen LogP contribution in [-0.2, 0) is 11.2 Å². The Balaban J connectivity index is 2.25. The monoisotopic (exact) mass is 193 g/mol. The van der Waals surface area contributed by atoms with E-state index in [0.29, 0.717) is 0 Å². The van der Waals surface area contributed by atoms with E-state index in [-0.39, 0.29) is 6.42 Å². The summed E-state index contributed by atoms with van der Waals surface area (Å²) in [4.78, 5) is 10.2. The van der Waals surface area contributed by atoms with Crippen molar-refractivity contribution in [3.63, 3.8) is 0 Å². The van der Waals surface area contributed by atoms with Gasteiger partial charge in [0, 0.05) is 12.1 Å². The van der Waals surface area contributed by atoms with Crippen LogP contribution < -0.4 is 5.73 Å². The number of carbonyl (C=O) groups is 1. The summed E-state index contributed by atoms with van der Waals surface area (Å²) >= 11 is 0. The van der Waals surface area contributed by atoms with Gasteiger partial charge in [-0.1, -0.05) is 12.1 Å². The largest absolute Gasteiger partial charge is 0.481 e. The summed E-state index contributed by atoms with van der Waals surface area (Å²) < 4.78 is 0. The summed E-state index contributed by atoms with van der Waals surface area (Å²) in [6.45, 7) is 0. The number of aliphatic carboxylic acids is 1. The van der Waals surface area contributed by atoms with Gasteiger partial charge in [-0.05, 0) is 37.0 Å². The first kappa shape index (κ1) is 10.6. The molecule has 0 aliphatic heterocycles. The molecule has 0 spiro atoms. The van der Waals surface area contributed by atoms with Gasteiger partial charge in [0.2, 0.25) is 0 Å². The summed E-state index contributed by atoms with van der Waals surface area (Å²) in [7, 11) is 0. The Morgan fingerprint density at radius 3 is 2.43 bits per heavy atom. The molecule has 0 saturated heterocycles. The van der Waals surface area contributed by atoms with Crippen molar-refractivity contribution in [2.45, 2.75) is 25.7 Å². The molecule has 14 heavy (non-hydrogen) atoms. The van der Waals surface area contributed by atoms with Gasteiger partial charge in [0.1, 0.15) is 0 Å². The van der Waals surface area contributed by atoms with Gasteiger partial charge in [-0.25, -0.2) is 0 Å². The lowest BCUT2D eigenvalue weighted by Crippen LogP contribution is -1.95. The number of aryl methyl sites for hydroxylation is 1. The molecular formula is C11H15NO2. The first-order valence-corrected chi connectivity index (χ1v) is 4.74. The maximum Gasteiger partial charge on any atom is 0.303 e. The minimum absolute atomic E-state index is 0.259. The van der Waals surface area contributed by atoms with Crippen molar-refractivity contribution < 1.29 is 9.90 Å². The fourth-order valence-electron chi connectivity index (χ4n) is 1.29. The number of nitrogen functional groups attached to an aromatic ring is 1. The first-order valence-electron chi connectivity index (χ1n) is 4.74. The third-order valence-corrected chi connectivity index (χ3v) is 2.09. The maximum atomic E-state index is 10.2. The standard InChI is InChI=1S/C11H15NO2/c12-10-7-5-9(6-8-10)3-1-2-4-11(13)14/h5-8H,1-4,12H2,(H,13,14). The summed E-state index contributed by atoms with van der Waals surface area (Å²) in [5, 5.41) is 8.43.